The van der Waals surface area contributed by atoms with Crippen LogP contribution < -0.4 is 14.3 Å². The summed E-state index contributed by atoms with van der Waals surface area (Å²) in [5.41, 5.74) is 2.86. The molecule has 0 fully saturated rings. The smallest absolute Gasteiger partial charge is 0.264 e. The average molecular weight is 551 g/mol. The van der Waals surface area contributed by atoms with Gasteiger partial charge >= 0.3 is 0 Å². The SMILES string of the molecule is Cc1ccc(N(CC(=O)Nc2ccc(S(=O)(=O)Nc3cccnc3)cc2)S(=O)(=O)c2ccccc2)cc1C. The van der Waals surface area contributed by atoms with Crippen molar-refractivity contribution < 1.29 is 21.6 Å². The number of aromatic nitrogens is 1. The molecule has 0 aliphatic carbocycles. The number of aryl methyl sites for hydroxylation is 2. The maximum absolute atomic E-state index is 13.5. The van der Waals surface area contributed by atoms with Crippen LogP contribution in [-0.4, -0.2) is 34.3 Å². The summed E-state index contributed by atoms with van der Waals surface area (Å²) in [5.74, 6) is -0.591. The van der Waals surface area contributed by atoms with Crippen LogP contribution in [0.1, 0.15) is 11.1 Å². The van der Waals surface area contributed by atoms with Crippen LogP contribution in [-0.2, 0) is 24.8 Å². The zero-order valence-electron chi connectivity index (χ0n) is 20.7. The van der Waals surface area contributed by atoms with E-state index in [0.717, 1.165) is 15.4 Å². The van der Waals surface area contributed by atoms with Gasteiger partial charge in [-0.05, 0) is 85.6 Å². The van der Waals surface area contributed by atoms with Crippen molar-refractivity contribution in [3.05, 3.63) is 108 Å². The third-order valence-electron chi connectivity index (χ3n) is 5.76. The molecule has 0 unspecified atom stereocenters. The zero-order chi connectivity index (χ0) is 27.3. The molecule has 1 heterocycles. The van der Waals surface area contributed by atoms with Gasteiger partial charge in [-0.2, -0.15) is 0 Å². The standard InChI is InChI=1S/C27H26N4O5S2/c1-20-10-13-24(17-21(20)2)31(38(35,36)26-8-4-3-5-9-26)19-27(32)29-22-11-14-25(15-12-22)37(33,34)30-23-7-6-16-28-18-23/h3-18,30H,19H2,1-2H3,(H,29,32). The minimum absolute atomic E-state index is 0.0113. The fourth-order valence-corrected chi connectivity index (χ4v) is 6.08. The molecular formula is C27H26N4O5S2. The Labute approximate surface area is 222 Å². The summed E-state index contributed by atoms with van der Waals surface area (Å²) in [6.07, 6.45) is 2.92. The van der Waals surface area contributed by atoms with Crippen LogP contribution in [0.2, 0.25) is 0 Å². The molecule has 38 heavy (non-hydrogen) atoms. The minimum atomic E-state index is -4.05. The summed E-state index contributed by atoms with van der Waals surface area (Å²) < 4.78 is 55.7. The van der Waals surface area contributed by atoms with Crippen LogP contribution in [0.5, 0.6) is 0 Å². The summed E-state index contributed by atoms with van der Waals surface area (Å²) >= 11 is 0. The monoisotopic (exact) mass is 550 g/mol. The van der Waals surface area contributed by atoms with Gasteiger partial charge in [0.25, 0.3) is 20.0 Å². The fourth-order valence-electron chi connectivity index (χ4n) is 3.60. The average Bonchev–Trinajstić information content (AvgIpc) is 2.90. The molecule has 1 aromatic heterocycles. The van der Waals surface area contributed by atoms with Crippen LogP contribution in [0.15, 0.2) is 107 Å². The van der Waals surface area contributed by atoms with Crippen LogP contribution in [0.4, 0.5) is 17.1 Å². The predicted octanol–water partition coefficient (Wildman–Crippen LogP) is 4.33. The molecule has 0 saturated heterocycles. The number of carbonyl (C=O) groups excluding carboxylic acids is 1. The molecule has 0 atom stereocenters. The molecule has 0 radical (unpaired) electrons. The van der Waals surface area contributed by atoms with Crippen LogP contribution in [0, 0.1) is 13.8 Å². The molecule has 0 bridgehead atoms. The van der Waals surface area contributed by atoms with Crippen molar-refractivity contribution in [1.29, 1.82) is 0 Å². The molecule has 4 rings (SSSR count). The number of hydrogen-bond donors (Lipinski definition) is 2. The van der Waals surface area contributed by atoms with Crippen LogP contribution in [0.3, 0.4) is 0 Å². The molecule has 196 valence electrons. The van der Waals surface area contributed by atoms with Crippen molar-refractivity contribution in [2.75, 3.05) is 20.9 Å². The van der Waals surface area contributed by atoms with E-state index in [1.165, 1.54) is 48.8 Å². The molecule has 0 aliphatic heterocycles. The zero-order valence-corrected chi connectivity index (χ0v) is 22.3. The number of anilines is 3. The minimum Gasteiger partial charge on any atom is -0.325 e. The summed E-state index contributed by atoms with van der Waals surface area (Å²) in [5, 5.41) is 2.65. The van der Waals surface area contributed by atoms with Crippen LogP contribution >= 0.6 is 0 Å². The van der Waals surface area contributed by atoms with Crippen molar-refractivity contribution >= 4 is 43.0 Å². The van der Waals surface area contributed by atoms with Gasteiger partial charge in [-0.1, -0.05) is 24.3 Å². The van der Waals surface area contributed by atoms with E-state index in [-0.39, 0.29) is 9.79 Å². The van der Waals surface area contributed by atoms with Crippen molar-refractivity contribution in [2.45, 2.75) is 23.6 Å². The highest BCUT2D eigenvalue weighted by Gasteiger charge is 2.27. The maximum Gasteiger partial charge on any atom is 0.264 e. The van der Waals surface area contributed by atoms with E-state index in [1.54, 1.807) is 48.5 Å². The second-order valence-corrected chi connectivity index (χ2v) is 12.1. The molecule has 3 aromatic carbocycles. The number of sulfonamides is 2. The molecule has 0 aliphatic rings. The first-order valence-electron chi connectivity index (χ1n) is 11.5. The molecule has 11 heteroatoms. The van der Waals surface area contributed by atoms with Gasteiger partial charge in [0.1, 0.15) is 6.54 Å². The lowest BCUT2D eigenvalue weighted by Crippen LogP contribution is -2.38. The summed E-state index contributed by atoms with van der Waals surface area (Å²) in [6.45, 7) is 3.30. The van der Waals surface area contributed by atoms with Gasteiger partial charge < -0.3 is 5.32 Å². The van der Waals surface area contributed by atoms with E-state index >= 15 is 0 Å². The lowest BCUT2D eigenvalue weighted by Gasteiger charge is -2.25. The van der Waals surface area contributed by atoms with E-state index in [2.05, 4.69) is 15.0 Å². The van der Waals surface area contributed by atoms with Gasteiger partial charge in [0.15, 0.2) is 0 Å². The number of nitrogens with one attached hydrogen (secondary N) is 2. The summed E-state index contributed by atoms with van der Waals surface area (Å²) in [6, 6.07) is 21.8. The van der Waals surface area contributed by atoms with Crippen molar-refractivity contribution in [3.8, 4) is 0 Å². The molecule has 2 N–H and O–H groups in total. The predicted molar refractivity (Wildman–Crippen MR) is 147 cm³/mol. The van der Waals surface area contributed by atoms with E-state index in [9.17, 15) is 21.6 Å². The Morgan fingerprint density at radius 2 is 1.50 bits per heavy atom. The second kappa shape index (κ2) is 11.0. The van der Waals surface area contributed by atoms with Crippen molar-refractivity contribution in [2.24, 2.45) is 0 Å². The van der Waals surface area contributed by atoms with Gasteiger partial charge in [0, 0.05) is 11.9 Å². The number of rotatable bonds is 9. The van der Waals surface area contributed by atoms with Crippen molar-refractivity contribution in [3.63, 3.8) is 0 Å². The van der Waals surface area contributed by atoms with E-state index < -0.39 is 32.5 Å². The number of benzene rings is 3. The van der Waals surface area contributed by atoms with Crippen LogP contribution in [0.25, 0.3) is 0 Å². The largest absolute Gasteiger partial charge is 0.325 e. The van der Waals surface area contributed by atoms with E-state index in [4.69, 9.17) is 0 Å². The Morgan fingerprint density at radius 1 is 0.789 bits per heavy atom. The lowest BCUT2D eigenvalue weighted by atomic mass is 10.1. The first-order chi connectivity index (χ1) is 18.1. The Hall–Kier alpha value is -4.22. The summed E-state index contributed by atoms with van der Waals surface area (Å²) in [4.78, 5) is 16.9. The third kappa shape index (κ3) is 6.18. The molecule has 4 aromatic rings. The first-order valence-corrected chi connectivity index (χ1v) is 14.5. The molecule has 1 amide bonds. The Morgan fingerprint density at radius 3 is 2.13 bits per heavy atom. The maximum atomic E-state index is 13.5. The van der Waals surface area contributed by atoms with Gasteiger partial charge in [0.05, 0.1) is 27.4 Å². The molecular weight excluding hydrogens is 524 g/mol. The highest BCUT2D eigenvalue weighted by atomic mass is 32.2. The van der Waals surface area contributed by atoms with E-state index in [0.29, 0.717) is 17.1 Å². The number of pyridine rings is 1. The lowest BCUT2D eigenvalue weighted by molar-refractivity contribution is -0.114. The number of nitrogens with zero attached hydrogens (tertiary/aromatic N) is 2. The highest BCUT2D eigenvalue weighted by molar-refractivity contribution is 7.93. The van der Waals surface area contributed by atoms with Crippen molar-refractivity contribution in [1.82, 2.24) is 4.98 Å². The Bertz CT molecular complexity index is 1640. The fraction of sp³-hybridized carbons (Fsp3) is 0.111. The number of amides is 1. The van der Waals surface area contributed by atoms with Gasteiger partial charge in [0.2, 0.25) is 5.91 Å². The normalized spacial score (nSPS) is 11.5. The summed E-state index contributed by atoms with van der Waals surface area (Å²) in [7, 11) is -7.91. The van der Waals surface area contributed by atoms with Gasteiger partial charge in [-0.25, -0.2) is 16.8 Å². The molecule has 9 nitrogen and oxygen atoms in total. The van der Waals surface area contributed by atoms with Gasteiger partial charge in [-0.3, -0.25) is 18.8 Å². The first kappa shape index (κ1) is 26.8. The second-order valence-electron chi connectivity index (χ2n) is 8.51. The third-order valence-corrected chi connectivity index (χ3v) is 8.94. The quantitative estimate of drug-likeness (QED) is 0.320. The van der Waals surface area contributed by atoms with E-state index in [1.807, 2.05) is 13.8 Å². The molecule has 0 spiro atoms. The van der Waals surface area contributed by atoms with Gasteiger partial charge in [-0.15, -0.1) is 0 Å². The topological polar surface area (TPSA) is 126 Å². The number of hydrogen-bond acceptors (Lipinski definition) is 6. The Kier molecular flexibility index (Phi) is 7.79. The highest BCUT2D eigenvalue weighted by Crippen LogP contribution is 2.26. The molecule has 0 saturated carbocycles. The number of carbonyl (C=O) groups is 1. The Balaban J connectivity index is 1.54.